The number of hydrogen-bond acceptors (Lipinski definition) is 3. The van der Waals surface area contributed by atoms with Gasteiger partial charge in [-0.1, -0.05) is 30.3 Å². The van der Waals surface area contributed by atoms with Crippen LogP contribution in [0.2, 0.25) is 0 Å². The summed E-state index contributed by atoms with van der Waals surface area (Å²) in [6.07, 6.45) is 3.48. The van der Waals surface area contributed by atoms with Gasteiger partial charge in [-0.15, -0.1) is 0 Å². The van der Waals surface area contributed by atoms with Crippen molar-refractivity contribution in [3.63, 3.8) is 0 Å². The van der Waals surface area contributed by atoms with Gasteiger partial charge in [0.15, 0.2) is 0 Å². The third-order valence-electron chi connectivity index (χ3n) is 3.93. The minimum atomic E-state index is -0.0977. The maximum atomic E-state index is 12.5. The molecule has 0 atom stereocenters. The summed E-state index contributed by atoms with van der Waals surface area (Å²) in [4.78, 5) is 21.4. The predicted octanol–water partition coefficient (Wildman–Crippen LogP) is 3.74. The summed E-state index contributed by atoms with van der Waals surface area (Å²) in [5, 5.41) is 2.92. The standard InChI is InChI=1S/C20H16N4O/c25-19(22-16-8-2-1-3-9-16)14-24-18-11-5-4-10-17(18)23-20(24)15-7-6-12-21-13-15/h1-13H,14H2,(H,22,25). The maximum absolute atomic E-state index is 12.5. The molecule has 0 saturated heterocycles. The van der Waals surface area contributed by atoms with Gasteiger partial charge in [-0.05, 0) is 36.4 Å². The predicted molar refractivity (Wildman–Crippen MR) is 98.0 cm³/mol. The van der Waals surface area contributed by atoms with Gasteiger partial charge < -0.3 is 9.88 Å². The molecule has 2 aromatic carbocycles. The molecule has 5 nitrogen and oxygen atoms in total. The van der Waals surface area contributed by atoms with Crippen molar-refractivity contribution in [2.75, 3.05) is 5.32 Å². The summed E-state index contributed by atoms with van der Waals surface area (Å²) in [5.41, 5.74) is 3.43. The number of nitrogens with one attached hydrogen (secondary N) is 1. The van der Waals surface area contributed by atoms with Gasteiger partial charge in [0.2, 0.25) is 5.91 Å². The van der Waals surface area contributed by atoms with Crippen molar-refractivity contribution in [1.82, 2.24) is 14.5 Å². The van der Waals surface area contributed by atoms with E-state index in [2.05, 4.69) is 15.3 Å². The second-order valence-electron chi connectivity index (χ2n) is 5.67. The average Bonchev–Trinajstić information content (AvgIpc) is 3.02. The highest BCUT2D eigenvalue weighted by Gasteiger charge is 2.15. The highest BCUT2D eigenvalue weighted by molar-refractivity contribution is 5.92. The zero-order chi connectivity index (χ0) is 17.1. The minimum absolute atomic E-state index is 0.0977. The van der Waals surface area contributed by atoms with Gasteiger partial charge in [0.25, 0.3) is 0 Å². The van der Waals surface area contributed by atoms with Crippen LogP contribution >= 0.6 is 0 Å². The molecule has 2 heterocycles. The van der Waals surface area contributed by atoms with Crippen LogP contribution in [0, 0.1) is 0 Å². The Bertz CT molecular complexity index is 1010. The fourth-order valence-corrected chi connectivity index (χ4v) is 2.82. The van der Waals surface area contributed by atoms with E-state index in [4.69, 9.17) is 0 Å². The van der Waals surface area contributed by atoms with Gasteiger partial charge in [-0.25, -0.2) is 4.98 Å². The molecule has 5 heteroatoms. The number of hydrogen-bond donors (Lipinski definition) is 1. The van der Waals surface area contributed by atoms with Gasteiger partial charge >= 0.3 is 0 Å². The Morgan fingerprint density at radius 1 is 0.960 bits per heavy atom. The summed E-state index contributed by atoms with van der Waals surface area (Å²) in [6, 6.07) is 21.0. The topological polar surface area (TPSA) is 59.8 Å². The second-order valence-corrected chi connectivity index (χ2v) is 5.67. The zero-order valence-corrected chi connectivity index (χ0v) is 13.5. The van der Waals surface area contributed by atoms with E-state index in [1.165, 1.54) is 0 Å². The minimum Gasteiger partial charge on any atom is -0.325 e. The number of pyridine rings is 1. The van der Waals surface area contributed by atoms with Crippen LogP contribution in [0.1, 0.15) is 0 Å². The van der Waals surface area contributed by atoms with Gasteiger partial charge in [-0.3, -0.25) is 9.78 Å². The number of fused-ring (bicyclic) bond motifs is 1. The Labute approximate surface area is 145 Å². The number of amides is 1. The highest BCUT2D eigenvalue weighted by atomic mass is 16.1. The molecule has 1 N–H and O–H groups in total. The fraction of sp³-hybridized carbons (Fsp3) is 0.0500. The van der Waals surface area contributed by atoms with E-state index in [1.807, 2.05) is 71.3 Å². The van der Waals surface area contributed by atoms with Crippen molar-refractivity contribution < 1.29 is 4.79 Å². The number of carbonyl (C=O) groups is 1. The number of para-hydroxylation sites is 3. The van der Waals surface area contributed by atoms with Crippen LogP contribution in [0.4, 0.5) is 5.69 Å². The normalized spacial score (nSPS) is 10.7. The lowest BCUT2D eigenvalue weighted by Gasteiger charge is -2.10. The van der Waals surface area contributed by atoms with Crippen molar-refractivity contribution >= 4 is 22.6 Å². The van der Waals surface area contributed by atoms with Crippen molar-refractivity contribution in [1.29, 1.82) is 0 Å². The average molecular weight is 328 g/mol. The molecule has 0 radical (unpaired) electrons. The first kappa shape index (κ1) is 15.1. The first-order chi connectivity index (χ1) is 12.3. The van der Waals surface area contributed by atoms with Crippen LogP contribution in [0.15, 0.2) is 79.1 Å². The molecule has 0 spiro atoms. The number of anilines is 1. The van der Waals surface area contributed by atoms with Gasteiger partial charge in [0.05, 0.1) is 11.0 Å². The van der Waals surface area contributed by atoms with E-state index in [9.17, 15) is 4.79 Å². The van der Waals surface area contributed by atoms with Crippen LogP contribution in [0.25, 0.3) is 22.4 Å². The Balaban J connectivity index is 1.71. The molecule has 0 aliphatic carbocycles. The summed E-state index contributed by atoms with van der Waals surface area (Å²) in [6.45, 7) is 0.180. The van der Waals surface area contributed by atoms with Crippen LogP contribution in [-0.2, 0) is 11.3 Å². The quantitative estimate of drug-likeness (QED) is 0.621. The van der Waals surface area contributed by atoms with Crippen molar-refractivity contribution in [3.8, 4) is 11.4 Å². The van der Waals surface area contributed by atoms with E-state index < -0.39 is 0 Å². The first-order valence-electron chi connectivity index (χ1n) is 8.02. The molecular formula is C20H16N4O. The Morgan fingerprint density at radius 3 is 2.56 bits per heavy atom. The molecule has 1 amide bonds. The van der Waals surface area contributed by atoms with Crippen molar-refractivity contribution in [3.05, 3.63) is 79.1 Å². The Hall–Kier alpha value is -3.47. The number of rotatable bonds is 4. The number of carbonyl (C=O) groups excluding carboxylic acids is 1. The van der Waals surface area contributed by atoms with Gasteiger partial charge in [0.1, 0.15) is 12.4 Å². The Kier molecular flexibility index (Phi) is 3.96. The third-order valence-corrected chi connectivity index (χ3v) is 3.93. The molecule has 2 aromatic heterocycles. The van der Waals surface area contributed by atoms with Crippen molar-refractivity contribution in [2.45, 2.75) is 6.54 Å². The lowest BCUT2D eigenvalue weighted by atomic mass is 10.2. The Morgan fingerprint density at radius 2 is 1.76 bits per heavy atom. The SMILES string of the molecule is O=C(Cn1c(-c2cccnc2)nc2ccccc21)Nc1ccccc1. The largest absolute Gasteiger partial charge is 0.325 e. The van der Waals surface area contributed by atoms with Crippen molar-refractivity contribution in [2.24, 2.45) is 0 Å². The molecule has 0 bridgehead atoms. The molecule has 0 aliphatic heterocycles. The van der Waals surface area contributed by atoms with E-state index in [1.54, 1.807) is 12.4 Å². The van der Waals surface area contributed by atoms with Crippen LogP contribution in [0.3, 0.4) is 0 Å². The summed E-state index contributed by atoms with van der Waals surface area (Å²) in [5.74, 6) is 0.636. The van der Waals surface area contributed by atoms with Gasteiger partial charge in [-0.2, -0.15) is 0 Å². The number of imidazole rings is 1. The van der Waals surface area contributed by atoms with Crippen LogP contribution in [-0.4, -0.2) is 20.4 Å². The first-order valence-corrected chi connectivity index (χ1v) is 8.02. The summed E-state index contributed by atoms with van der Waals surface area (Å²) in [7, 11) is 0. The number of nitrogens with zero attached hydrogens (tertiary/aromatic N) is 3. The van der Waals surface area contributed by atoms with E-state index >= 15 is 0 Å². The van der Waals surface area contributed by atoms with Crippen LogP contribution < -0.4 is 5.32 Å². The summed E-state index contributed by atoms with van der Waals surface area (Å²) < 4.78 is 1.92. The lowest BCUT2D eigenvalue weighted by Crippen LogP contribution is -2.19. The third kappa shape index (κ3) is 3.12. The smallest absolute Gasteiger partial charge is 0.244 e. The summed E-state index contributed by atoms with van der Waals surface area (Å²) >= 11 is 0. The molecule has 0 saturated carbocycles. The van der Waals surface area contributed by atoms with Gasteiger partial charge in [0, 0.05) is 23.6 Å². The molecule has 0 unspecified atom stereocenters. The lowest BCUT2D eigenvalue weighted by molar-refractivity contribution is -0.116. The molecule has 4 rings (SSSR count). The number of aromatic nitrogens is 3. The molecular weight excluding hydrogens is 312 g/mol. The maximum Gasteiger partial charge on any atom is 0.244 e. The molecule has 25 heavy (non-hydrogen) atoms. The monoisotopic (exact) mass is 328 g/mol. The molecule has 4 aromatic rings. The zero-order valence-electron chi connectivity index (χ0n) is 13.5. The highest BCUT2D eigenvalue weighted by Crippen LogP contribution is 2.24. The second kappa shape index (κ2) is 6.57. The number of benzene rings is 2. The molecule has 122 valence electrons. The molecule has 0 aliphatic rings. The van der Waals surface area contributed by atoms with Crippen LogP contribution in [0.5, 0.6) is 0 Å². The van der Waals surface area contributed by atoms with E-state index in [-0.39, 0.29) is 12.5 Å². The fourth-order valence-electron chi connectivity index (χ4n) is 2.82. The molecule has 0 fully saturated rings. The van der Waals surface area contributed by atoms with E-state index in [0.29, 0.717) is 0 Å². The van der Waals surface area contributed by atoms with E-state index in [0.717, 1.165) is 28.1 Å².